The number of nitro benzene ring substituents is 1. The maximum absolute atomic E-state index is 12.2. The Hall–Kier alpha value is -3.62. The third-order valence-electron chi connectivity index (χ3n) is 4.91. The van der Waals surface area contributed by atoms with E-state index in [2.05, 4.69) is 15.4 Å². The summed E-state index contributed by atoms with van der Waals surface area (Å²) in [7, 11) is 3.18. The monoisotopic (exact) mass is 412 g/mol. The summed E-state index contributed by atoms with van der Waals surface area (Å²) < 4.78 is 11.0. The van der Waals surface area contributed by atoms with Crippen LogP contribution in [0.3, 0.4) is 0 Å². The minimum atomic E-state index is -0.509. The SMILES string of the molecule is COc1cc(N2CCCC2)c(OC)cc1/C=N/NC(=O)Cc1ccccc1[N+](=O)[O-]. The molecule has 30 heavy (non-hydrogen) atoms. The van der Waals surface area contributed by atoms with Crippen LogP contribution in [0.2, 0.25) is 0 Å². The van der Waals surface area contributed by atoms with Crippen LogP contribution in [0.4, 0.5) is 11.4 Å². The molecule has 1 aliphatic heterocycles. The zero-order chi connectivity index (χ0) is 21.5. The number of carbonyl (C=O) groups is 1. The van der Waals surface area contributed by atoms with Crippen molar-refractivity contribution in [3.05, 3.63) is 57.6 Å². The normalized spacial score (nSPS) is 13.5. The molecule has 0 aliphatic carbocycles. The number of nitrogens with zero attached hydrogens (tertiary/aromatic N) is 3. The fourth-order valence-corrected chi connectivity index (χ4v) is 3.44. The molecule has 9 heteroatoms. The number of para-hydroxylation sites is 1. The predicted molar refractivity (Wildman–Crippen MR) is 114 cm³/mol. The number of hydrazone groups is 1. The standard InChI is InChI=1S/C21H24N4O5/c1-29-19-13-18(24-9-5-6-10-24)20(30-2)11-16(19)14-22-23-21(26)12-15-7-3-4-8-17(15)25(27)28/h3-4,7-8,11,13-14H,5-6,9-10,12H2,1-2H3,(H,23,26)/b22-14+. The first kappa shape index (κ1) is 21.1. The summed E-state index contributed by atoms with van der Waals surface area (Å²) in [5.41, 5.74) is 4.24. The highest BCUT2D eigenvalue weighted by Crippen LogP contribution is 2.36. The number of methoxy groups -OCH3 is 2. The second kappa shape index (κ2) is 9.73. The van der Waals surface area contributed by atoms with Crippen molar-refractivity contribution in [1.29, 1.82) is 0 Å². The number of anilines is 1. The Bertz CT molecular complexity index is 954. The van der Waals surface area contributed by atoms with Crippen LogP contribution in [0.1, 0.15) is 24.0 Å². The molecule has 1 amide bonds. The number of ether oxygens (including phenoxy) is 2. The lowest BCUT2D eigenvalue weighted by atomic mass is 10.1. The van der Waals surface area contributed by atoms with E-state index in [-0.39, 0.29) is 12.1 Å². The molecule has 0 bridgehead atoms. The van der Waals surface area contributed by atoms with E-state index in [1.54, 1.807) is 32.4 Å². The maximum atomic E-state index is 12.2. The average molecular weight is 412 g/mol. The van der Waals surface area contributed by atoms with Gasteiger partial charge in [0.25, 0.3) is 5.69 Å². The van der Waals surface area contributed by atoms with E-state index < -0.39 is 10.8 Å². The first-order valence-electron chi connectivity index (χ1n) is 9.58. The first-order chi connectivity index (χ1) is 14.5. The van der Waals surface area contributed by atoms with Crippen molar-refractivity contribution < 1.29 is 19.2 Å². The second-order valence-corrected chi connectivity index (χ2v) is 6.82. The minimum absolute atomic E-state index is 0.0967. The van der Waals surface area contributed by atoms with Gasteiger partial charge in [-0.3, -0.25) is 14.9 Å². The molecular formula is C21H24N4O5. The summed E-state index contributed by atoms with van der Waals surface area (Å²) in [6, 6.07) is 9.84. The molecule has 2 aromatic rings. The molecule has 0 spiro atoms. The van der Waals surface area contributed by atoms with Gasteiger partial charge in [0.1, 0.15) is 11.5 Å². The van der Waals surface area contributed by atoms with Crippen molar-refractivity contribution in [3.63, 3.8) is 0 Å². The van der Waals surface area contributed by atoms with Gasteiger partial charge in [0.15, 0.2) is 0 Å². The third-order valence-corrected chi connectivity index (χ3v) is 4.91. The number of nitro groups is 1. The van der Waals surface area contributed by atoms with E-state index in [1.165, 1.54) is 12.3 Å². The number of hydrogen-bond acceptors (Lipinski definition) is 7. The summed E-state index contributed by atoms with van der Waals surface area (Å²) >= 11 is 0. The van der Waals surface area contributed by atoms with Crippen molar-refractivity contribution >= 4 is 23.5 Å². The Morgan fingerprint density at radius 1 is 1.20 bits per heavy atom. The van der Waals surface area contributed by atoms with Crippen molar-refractivity contribution in [3.8, 4) is 11.5 Å². The molecule has 158 valence electrons. The smallest absolute Gasteiger partial charge is 0.273 e. The minimum Gasteiger partial charge on any atom is -0.496 e. The van der Waals surface area contributed by atoms with Gasteiger partial charge in [-0.1, -0.05) is 18.2 Å². The van der Waals surface area contributed by atoms with Crippen molar-refractivity contribution in [2.24, 2.45) is 5.10 Å². The fourth-order valence-electron chi connectivity index (χ4n) is 3.44. The van der Waals surface area contributed by atoms with Crippen LogP contribution >= 0.6 is 0 Å². The summed E-state index contributed by atoms with van der Waals surface area (Å²) in [6.07, 6.45) is 3.59. The number of carbonyl (C=O) groups excluding carboxylic acids is 1. The van der Waals surface area contributed by atoms with E-state index >= 15 is 0 Å². The van der Waals surface area contributed by atoms with Crippen LogP contribution < -0.4 is 19.8 Å². The van der Waals surface area contributed by atoms with Gasteiger partial charge in [-0.25, -0.2) is 5.43 Å². The molecular weight excluding hydrogens is 388 g/mol. The highest BCUT2D eigenvalue weighted by atomic mass is 16.6. The van der Waals surface area contributed by atoms with Gasteiger partial charge in [0, 0.05) is 36.3 Å². The quantitative estimate of drug-likeness (QED) is 0.406. The third kappa shape index (κ3) is 4.86. The lowest BCUT2D eigenvalue weighted by molar-refractivity contribution is -0.385. The summed E-state index contributed by atoms with van der Waals surface area (Å²) in [6.45, 7) is 1.93. The predicted octanol–water partition coefficient (Wildman–Crippen LogP) is 2.91. The second-order valence-electron chi connectivity index (χ2n) is 6.82. The number of benzene rings is 2. The highest BCUT2D eigenvalue weighted by Gasteiger charge is 2.19. The van der Waals surface area contributed by atoms with E-state index in [4.69, 9.17) is 9.47 Å². The fraction of sp³-hybridized carbons (Fsp3) is 0.333. The van der Waals surface area contributed by atoms with Crippen LogP contribution in [0.5, 0.6) is 11.5 Å². The Balaban J connectivity index is 1.72. The molecule has 0 saturated carbocycles. The lowest BCUT2D eigenvalue weighted by Gasteiger charge is -2.22. The first-order valence-corrected chi connectivity index (χ1v) is 9.58. The average Bonchev–Trinajstić information content (AvgIpc) is 3.28. The topological polar surface area (TPSA) is 106 Å². The van der Waals surface area contributed by atoms with E-state index in [1.807, 2.05) is 12.1 Å². The highest BCUT2D eigenvalue weighted by molar-refractivity contribution is 5.88. The van der Waals surface area contributed by atoms with Gasteiger partial charge in [0.2, 0.25) is 5.91 Å². The van der Waals surface area contributed by atoms with Crippen LogP contribution in [-0.2, 0) is 11.2 Å². The summed E-state index contributed by atoms with van der Waals surface area (Å²) in [5.74, 6) is 0.847. The van der Waals surface area contributed by atoms with E-state index in [0.717, 1.165) is 31.6 Å². The van der Waals surface area contributed by atoms with Gasteiger partial charge in [-0.15, -0.1) is 0 Å². The summed E-state index contributed by atoms with van der Waals surface area (Å²) in [4.78, 5) is 25.0. The van der Waals surface area contributed by atoms with Crippen molar-refractivity contribution in [2.75, 3.05) is 32.2 Å². The Labute approximate surface area is 174 Å². The number of rotatable bonds is 8. The number of hydrogen-bond donors (Lipinski definition) is 1. The van der Waals surface area contributed by atoms with Crippen LogP contribution in [0.15, 0.2) is 41.5 Å². The van der Waals surface area contributed by atoms with Crippen molar-refractivity contribution in [1.82, 2.24) is 5.43 Å². The summed E-state index contributed by atoms with van der Waals surface area (Å²) in [5, 5.41) is 15.1. The van der Waals surface area contributed by atoms with Crippen LogP contribution in [0.25, 0.3) is 0 Å². The van der Waals surface area contributed by atoms with E-state index in [9.17, 15) is 14.9 Å². The Morgan fingerprint density at radius 3 is 2.57 bits per heavy atom. The maximum Gasteiger partial charge on any atom is 0.273 e. The lowest BCUT2D eigenvalue weighted by Crippen LogP contribution is -2.20. The molecule has 0 aromatic heterocycles. The van der Waals surface area contributed by atoms with E-state index in [0.29, 0.717) is 22.6 Å². The number of amides is 1. The van der Waals surface area contributed by atoms with Gasteiger partial charge < -0.3 is 14.4 Å². The molecule has 1 N–H and O–H groups in total. The van der Waals surface area contributed by atoms with Crippen LogP contribution in [-0.4, -0.2) is 44.4 Å². The molecule has 1 heterocycles. The molecule has 3 rings (SSSR count). The molecule has 1 aliphatic rings. The van der Waals surface area contributed by atoms with Crippen LogP contribution in [0, 0.1) is 10.1 Å². The van der Waals surface area contributed by atoms with Crippen molar-refractivity contribution in [2.45, 2.75) is 19.3 Å². The van der Waals surface area contributed by atoms with Gasteiger partial charge in [0.05, 0.1) is 37.5 Å². The zero-order valence-corrected chi connectivity index (χ0v) is 17.0. The molecule has 1 fully saturated rings. The molecule has 0 atom stereocenters. The molecule has 2 aromatic carbocycles. The molecule has 0 radical (unpaired) electrons. The van der Waals surface area contributed by atoms with Gasteiger partial charge >= 0.3 is 0 Å². The zero-order valence-electron chi connectivity index (χ0n) is 17.0. The largest absolute Gasteiger partial charge is 0.496 e. The number of nitrogens with one attached hydrogen (secondary N) is 1. The Kier molecular flexibility index (Phi) is 6.84. The van der Waals surface area contributed by atoms with Gasteiger partial charge in [-0.2, -0.15) is 5.10 Å². The molecule has 1 saturated heterocycles. The molecule has 0 unspecified atom stereocenters. The Morgan fingerprint density at radius 2 is 1.90 bits per heavy atom. The molecule has 9 nitrogen and oxygen atoms in total. The van der Waals surface area contributed by atoms with Gasteiger partial charge in [-0.05, 0) is 18.9 Å².